The highest BCUT2D eigenvalue weighted by Crippen LogP contribution is 2.25. The summed E-state index contributed by atoms with van der Waals surface area (Å²) in [6, 6.07) is 0. The lowest BCUT2D eigenvalue weighted by Crippen LogP contribution is -2.27. The maximum Gasteiger partial charge on any atom is 0.264 e. The lowest BCUT2D eigenvalue weighted by atomic mass is 9.91. The van der Waals surface area contributed by atoms with Crippen molar-refractivity contribution in [3.05, 3.63) is 22.7 Å². The number of carbonyl (C=O) groups is 1. The fraction of sp³-hybridized carbons (Fsp3) is 0.583. The average Bonchev–Trinajstić information content (AvgIpc) is 3.03. The molecule has 0 saturated carbocycles. The van der Waals surface area contributed by atoms with Crippen molar-refractivity contribution in [3.8, 4) is 0 Å². The molecular weight excluding hydrogens is 276 g/mol. The summed E-state index contributed by atoms with van der Waals surface area (Å²) in [7, 11) is 0. The Morgan fingerprint density at radius 1 is 1.45 bits per heavy atom. The molecule has 0 bridgehead atoms. The first-order chi connectivity index (χ1) is 9.48. The highest BCUT2D eigenvalue weighted by molar-refractivity contribution is 7.08. The van der Waals surface area contributed by atoms with Gasteiger partial charge in [0.15, 0.2) is 0 Å². The molecule has 0 saturated heterocycles. The number of nitrogens with one attached hydrogen (secondary N) is 2. The van der Waals surface area contributed by atoms with E-state index in [1.54, 1.807) is 0 Å². The van der Waals surface area contributed by atoms with Crippen LogP contribution >= 0.6 is 11.5 Å². The maximum atomic E-state index is 12.1. The van der Waals surface area contributed by atoms with Gasteiger partial charge in [-0.05, 0) is 18.0 Å². The molecule has 0 spiro atoms. The summed E-state index contributed by atoms with van der Waals surface area (Å²) in [5.41, 5.74) is 0.565. The van der Waals surface area contributed by atoms with Gasteiger partial charge in [0, 0.05) is 18.4 Å². The summed E-state index contributed by atoms with van der Waals surface area (Å²) < 4.78 is 3.89. The molecule has 0 aliphatic heterocycles. The quantitative estimate of drug-likeness (QED) is 0.811. The van der Waals surface area contributed by atoms with Crippen molar-refractivity contribution in [3.63, 3.8) is 0 Å². The summed E-state index contributed by atoms with van der Waals surface area (Å²) in [6.07, 6.45) is 3.04. The minimum Gasteiger partial charge on any atom is -0.351 e. The van der Waals surface area contributed by atoms with Gasteiger partial charge in [0.25, 0.3) is 5.91 Å². The molecule has 7 nitrogen and oxygen atoms in total. The van der Waals surface area contributed by atoms with Crippen LogP contribution in [0.15, 0.2) is 6.33 Å². The molecule has 0 fully saturated rings. The number of aromatic amines is 1. The number of amides is 1. The van der Waals surface area contributed by atoms with Crippen LogP contribution in [0.3, 0.4) is 0 Å². The minimum absolute atomic E-state index is 0.109. The van der Waals surface area contributed by atoms with Gasteiger partial charge in [0.05, 0.1) is 5.69 Å². The molecule has 0 aliphatic carbocycles. The molecule has 0 aromatic carbocycles. The Hall–Kier alpha value is -1.83. The van der Waals surface area contributed by atoms with Gasteiger partial charge in [-0.25, -0.2) is 4.98 Å². The first-order valence-corrected chi connectivity index (χ1v) is 7.21. The van der Waals surface area contributed by atoms with Crippen molar-refractivity contribution in [2.24, 2.45) is 0 Å². The number of hydrogen-bond donors (Lipinski definition) is 2. The van der Waals surface area contributed by atoms with Gasteiger partial charge in [0.2, 0.25) is 0 Å². The average molecular weight is 294 g/mol. The SMILES string of the molecule is CC(C)(C)c1nnsc1C(=O)NCCCc1ncn[nH]1. The Balaban J connectivity index is 1.85. The molecule has 0 atom stereocenters. The van der Waals surface area contributed by atoms with E-state index in [1.165, 1.54) is 6.33 Å². The van der Waals surface area contributed by atoms with E-state index >= 15 is 0 Å². The fourth-order valence-corrected chi connectivity index (χ4v) is 2.51. The van der Waals surface area contributed by atoms with E-state index in [4.69, 9.17) is 0 Å². The van der Waals surface area contributed by atoms with Crippen LogP contribution in [0.2, 0.25) is 0 Å². The molecule has 2 rings (SSSR count). The van der Waals surface area contributed by atoms with Gasteiger partial charge in [-0.1, -0.05) is 25.3 Å². The third-order valence-electron chi connectivity index (χ3n) is 2.75. The Kier molecular flexibility index (Phi) is 4.43. The minimum atomic E-state index is -0.181. The Morgan fingerprint density at radius 2 is 2.25 bits per heavy atom. The molecule has 1 amide bonds. The smallest absolute Gasteiger partial charge is 0.264 e. The van der Waals surface area contributed by atoms with Crippen LogP contribution in [0.5, 0.6) is 0 Å². The third kappa shape index (κ3) is 3.60. The highest BCUT2D eigenvalue weighted by Gasteiger charge is 2.25. The van der Waals surface area contributed by atoms with E-state index in [0.29, 0.717) is 11.4 Å². The van der Waals surface area contributed by atoms with Crippen LogP contribution in [0.4, 0.5) is 0 Å². The molecule has 8 heteroatoms. The van der Waals surface area contributed by atoms with E-state index in [9.17, 15) is 4.79 Å². The second-order valence-corrected chi connectivity index (χ2v) is 6.25. The third-order valence-corrected chi connectivity index (χ3v) is 3.47. The number of hydrogen-bond acceptors (Lipinski definition) is 6. The van der Waals surface area contributed by atoms with Crippen LogP contribution in [0.1, 0.15) is 48.4 Å². The maximum absolute atomic E-state index is 12.1. The first-order valence-electron chi connectivity index (χ1n) is 6.44. The van der Waals surface area contributed by atoms with Gasteiger partial charge in [0.1, 0.15) is 17.0 Å². The number of aryl methyl sites for hydroxylation is 1. The number of H-pyrrole nitrogens is 1. The van der Waals surface area contributed by atoms with Crippen LogP contribution in [0.25, 0.3) is 0 Å². The van der Waals surface area contributed by atoms with Crippen molar-refractivity contribution in [1.29, 1.82) is 0 Å². The van der Waals surface area contributed by atoms with Crippen LogP contribution in [-0.2, 0) is 11.8 Å². The monoisotopic (exact) mass is 294 g/mol. The molecule has 0 aliphatic rings. The number of aromatic nitrogens is 5. The second kappa shape index (κ2) is 6.08. The number of carbonyl (C=O) groups excluding carboxylic acids is 1. The van der Waals surface area contributed by atoms with Gasteiger partial charge in [-0.2, -0.15) is 5.10 Å². The topological polar surface area (TPSA) is 96.5 Å². The lowest BCUT2D eigenvalue weighted by molar-refractivity contribution is 0.0955. The number of rotatable bonds is 5. The molecule has 2 N–H and O–H groups in total. The van der Waals surface area contributed by atoms with Crippen LogP contribution in [0, 0.1) is 0 Å². The molecule has 108 valence electrons. The van der Waals surface area contributed by atoms with Gasteiger partial charge >= 0.3 is 0 Å². The largest absolute Gasteiger partial charge is 0.351 e. The predicted octanol–water partition coefficient (Wildman–Crippen LogP) is 1.32. The van der Waals surface area contributed by atoms with Crippen LogP contribution in [-0.4, -0.2) is 37.2 Å². The Labute approximate surface area is 121 Å². The van der Waals surface area contributed by atoms with Crippen molar-refractivity contribution in [2.45, 2.75) is 39.0 Å². The Morgan fingerprint density at radius 3 is 2.90 bits per heavy atom. The van der Waals surface area contributed by atoms with E-state index in [-0.39, 0.29) is 11.3 Å². The molecule has 2 heterocycles. The Bertz CT molecular complexity index is 557. The normalized spacial score (nSPS) is 11.6. The summed E-state index contributed by atoms with van der Waals surface area (Å²) in [4.78, 5) is 16.7. The van der Waals surface area contributed by atoms with Crippen LogP contribution < -0.4 is 5.32 Å². The summed E-state index contributed by atoms with van der Waals surface area (Å²) in [5, 5.41) is 13.5. The van der Waals surface area contributed by atoms with Crippen molar-refractivity contribution < 1.29 is 4.79 Å². The van der Waals surface area contributed by atoms with E-state index < -0.39 is 0 Å². The predicted molar refractivity (Wildman–Crippen MR) is 75.6 cm³/mol. The van der Waals surface area contributed by atoms with Crippen molar-refractivity contribution >= 4 is 17.4 Å². The molecular formula is C12H18N6OS. The molecule has 0 radical (unpaired) electrons. The molecule has 0 unspecified atom stereocenters. The summed E-state index contributed by atoms with van der Waals surface area (Å²) in [6.45, 7) is 6.64. The molecule has 2 aromatic heterocycles. The van der Waals surface area contributed by atoms with E-state index in [2.05, 4.69) is 30.1 Å². The zero-order valence-corrected chi connectivity index (χ0v) is 12.6. The zero-order chi connectivity index (χ0) is 14.6. The first kappa shape index (κ1) is 14.6. The van der Waals surface area contributed by atoms with Gasteiger partial charge < -0.3 is 5.32 Å². The fourth-order valence-electron chi connectivity index (χ4n) is 1.72. The standard InChI is InChI=1S/C12H18N6OS/c1-12(2,3)10-9(20-18-17-10)11(19)13-6-4-5-8-14-7-15-16-8/h7H,4-6H2,1-3H3,(H,13,19)(H,14,15,16). The highest BCUT2D eigenvalue weighted by atomic mass is 32.1. The summed E-state index contributed by atoms with van der Waals surface area (Å²) in [5.74, 6) is 0.719. The number of nitrogens with zero attached hydrogens (tertiary/aromatic N) is 4. The second-order valence-electron chi connectivity index (χ2n) is 5.49. The van der Waals surface area contributed by atoms with Crippen molar-refractivity contribution in [2.75, 3.05) is 6.54 Å². The van der Waals surface area contributed by atoms with Gasteiger partial charge in [-0.15, -0.1) is 5.10 Å². The molecule has 20 heavy (non-hydrogen) atoms. The lowest BCUT2D eigenvalue weighted by Gasteiger charge is -2.16. The zero-order valence-electron chi connectivity index (χ0n) is 11.8. The van der Waals surface area contributed by atoms with E-state index in [0.717, 1.165) is 35.9 Å². The van der Waals surface area contributed by atoms with E-state index in [1.807, 2.05) is 20.8 Å². The molecule has 2 aromatic rings. The van der Waals surface area contributed by atoms with Crippen molar-refractivity contribution in [1.82, 2.24) is 30.1 Å². The van der Waals surface area contributed by atoms with Gasteiger partial charge in [-0.3, -0.25) is 9.89 Å². The summed E-state index contributed by atoms with van der Waals surface area (Å²) >= 11 is 1.14.